The first-order valence-electron chi connectivity index (χ1n) is 3.57. The van der Waals surface area contributed by atoms with E-state index >= 15 is 0 Å². The highest BCUT2D eigenvalue weighted by atomic mass is 32.2. The van der Waals surface area contributed by atoms with Crippen molar-refractivity contribution in [1.29, 1.82) is 0 Å². The molecule has 0 spiro atoms. The number of hydrogen-bond acceptors (Lipinski definition) is 4. The van der Waals surface area contributed by atoms with E-state index in [1.807, 2.05) is 0 Å². The Labute approximate surface area is 66.1 Å². The van der Waals surface area contributed by atoms with Crippen LogP contribution in [0.3, 0.4) is 0 Å². The van der Waals surface area contributed by atoms with E-state index in [-0.39, 0.29) is 30.8 Å². The highest BCUT2D eigenvalue weighted by molar-refractivity contribution is 7.91. The third kappa shape index (κ3) is 2.76. The minimum Gasteiger partial charge on any atom is -0.394 e. The average molecular weight is 180 g/mol. The Bertz CT molecular complexity index is 209. The molecule has 4 nitrogen and oxygen atoms in total. The van der Waals surface area contributed by atoms with E-state index in [4.69, 9.17) is 9.84 Å². The highest BCUT2D eigenvalue weighted by Crippen LogP contribution is 2.14. The summed E-state index contributed by atoms with van der Waals surface area (Å²) in [4.78, 5) is 0. The van der Waals surface area contributed by atoms with Crippen LogP contribution in [-0.4, -0.2) is 44.3 Å². The van der Waals surface area contributed by atoms with Gasteiger partial charge in [-0.1, -0.05) is 0 Å². The summed E-state index contributed by atoms with van der Waals surface area (Å²) >= 11 is 0. The maximum Gasteiger partial charge on any atom is 0.152 e. The van der Waals surface area contributed by atoms with Crippen molar-refractivity contribution in [1.82, 2.24) is 0 Å². The maximum absolute atomic E-state index is 10.9. The third-order valence-electron chi connectivity index (χ3n) is 1.64. The first-order chi connectivity index (χ1) is 5.14. The van der Waals surface area contributed by atoms with Gasteiger partial charge in [-0.25, -0.2) is 8.42 Å². The number of hydrogen-bond donors (Lipinski definition) is 1. The van der Waals surface area contributed by atoms with Gasteiger partial charge in [-0.15, -0.1) is 0 Å². The first kappa shape index (κ1) is 8.96. The summed E-state index contributed by atoms with van der Waals surface area (Å²) in [6, 6.07) is 0. The molecule has 0 amide bonds. The van der Waals surface area contributed by atoms with Gasteiger partial charge < -0.3 is 9.84 Å². The van der Waals surface area contributed by atoms with Crippen LogP contribution in [0.2, 0.25) is 0 Å². The van der Waals surface area contributed by atoms with Crippen molar-refractivity contribution in [3.05, 3.63) is 0 Å². The normalized spacial score (nSPS) is 29.0. The van der Waals surface area contributed by atoms with E-state index in [0.29, 0.717) is 6.42 Å². The van der Waals surface area contributed by atoms with Crippen molar-refractivity contribution in [2.75, 3.05) is 24.7 Å². The topological polar surface area (TPSA) is 63.6 Å². The van der Waals surface area contributed by atoms with Gasteiger partial charge >= 0.3 is 0 Å². The van der Waals surface area contributed by atoms with Gasteiger partial charge in [0.15, 0.2) is 9.84 Å². The molecule has 0 aliphatic carbocycles. The summed E-state index contributed by atoms with van der Waals surface area (Å²) in [6.07, 6.45) is 0.384. The van der Waals surface area contributed by atoms with Crippen molar-refractivity contribution in [2.24, 2.45) is 0 Å². The molecule has 0 unspecified atom stereocenters. The Morgan fingerprint density at radius 2 is 2.27 bits per heavy atom. The maximum atomic E-state index is 10.9. The van der Waals surface area contributed by atoms with Gasteiger partial charge in [0.25, 0.3) is 0 Å². The number of ether oxygens (including phenoxy) is 1. The van der Waals surface area contributed by atoms with Crippen LogP contribution >= 0.6 is 0 Å². The zero-order valence-corrected chi connectivity index (χ0v) is 7.01. The molecule has 0 aromatic carbocycles. The molecule has 0 bridgehead atoms. The van der Waals surface area contributed by atoms with Crippen LogP contribution in [0.4, 0.5) is 0 Å². The summed E-state index contributed by atoms with van der Waals surface area (Å²) in [7, 11) is -2.83. The van der Waals surface area contributed by atoms with Gasteiger partial charge in [0, 0.05) is 0 Å². The summed E-state index contributed by atoms with van der Waals surface area (Å²) in [6.45, 7) is 0.191. The minimum absolute atomic E-state index is 0.0451. The molecule has 1 aliphatic heterocycles. The summed E-state index contributed by atoms with van der Waals surface area (Å²) in [5, 5.41) is 8.38. The molecule has 1 rings (SSSR count). The second-order valence-electron chi connectivity index (χ2n) is 2.62. The fourth-order valence-corrected chi connectivity index (χ4v) is 2.73. The highest BCUT2D eigenvalue weighted by Gasteiger charge is 2.27. The molecule has 1 aliphatic rings. The molecule has 11 heavy (non-hydrogen) atoms. The number of rotatable bonds is 3. The van der Waals surface area contributed by atoms with Crippen LogP contribution in [0.25, 0.3) is 0 Å². The van der Waals surface area contributed by atoms with Gasteiger partial charge in [0.2, 0.25) is 0 Å². The molecule has 1 heterocycles. The molecular weight excluding hydrogens is 168 g/mol. The number of aliphatic hydroxyl groups is 1. The van der Waals surface area contributed by atoms with Crippen LogP contribution in [0.1, 0.15) is 6.42 Å². The van der Waals surface area contributed by atoms with Crippen LogP contribution in [0.5, 0.6) is 0 Å². The Balaban J connectivity index is 2.31. The lowest BCUT2D eigenvalue weighted by molar-refractivity contribution is 0.0433. The zero-order valence-electron chi connectivity index (χ0n) is 6.19. The van der Waals surface area contributed by atoms with Crippen molar-refractivity contribution in [3.8, 4) is 0 Å². The third-order valence-corrected chi connectivity index (χ3v) is 3.37. The molecular formula is C6H12O4S. The van der Waals surface area contributed by atoms with Crippen LogP contribution < -0.4 is 0 Å². The molecule has 0 aromatic heterocycles. The molecule has 0 saturated carbocycles. The lowest BCUT2D eigenvalue weighted by Gasteiger charge is -2.06. The summed E-state index contributed by atoms with van der Waals surface area (Å²) < 4.78 is 26.8. The first-order valence-corrected chi connectivity index (χ1v) is 5.39. The SMILES string of the molecule is O=S1(=O)CC[C@H](OCCO)C1. The average Bonchev–Trinajstić information content (AvgIpc) is 2.26. The Morgan fingerprint density at radius 3 is 2.73 bits per heavy atom. The lowest BCUT2D eigenvalue weighted by Crippen LogP contribution is -2.16. The summed E-state index contributed by atoms with van der Waals surface area (Å²) in [5.41, 5.74) is 0. The van der Waals surface area contributed by atoms with E-state index in [9.17, 15) is 8.42 Å². The lowest BCUT2D eigenvalue weighted by atomic mass is 10.3. The molecule has 1 N–H and O–H groups in total. The van der Waals surface area contributed by atoms with Gasteiger partial charge in [-0.05, 0) is 6.42 Å². The Morgan fingerprint density at radius 1 is 1.55 bits per heavy atom. The fourth-order valence-electron chi connectivity index (χ4n) is 1.11. The fraction of sp³-hybridized carbons (Fsp3) is 1.00. The molecule has 66 valence electrons. The van der Waals surface area contributed by atoms with Crippen LogP contribution in [-0.2, 0) is 14.6 Å². The predicted molar refractivity (Wildman–Crippen MR) is 40.1 cm³/mol. The van der Waals surface area contributed by atoms with Crippen LogP contribution in [0, 0.1) is 0 Å². The standard InChI is InChI=1S/C6H12O4S/c7-2-3-10-6-1-4-11(8,9)5-6/h6-7H,1-5H2/t6-/m0/s1. The number of sulfone groups is 1. The molecule has 1 saturated heterocycles. The van der Waals surface area contributed by atoms with Crippen molar-refractivity contribution in [2.45, 2.75) is 12.5 Å². The Kier molecular flexibility index (Phi) is 2.86. The molecule has 1 atom stereocenters. The molecule has 1 fully saturated rings. The van der Waals surface area contributed by atoms with Crippen LogP contribution in [0.15, 0.2) is 0 Å². The predicted octanol–water partition coefficient (Wildman–Crippen LogP) is -0.818. The largest absolute Gasteiger partial charge is 0.394 e. The molecule has 0 radical (unpaired) electrons. The minimum atomic E-state index is -2.83. The van der Waals surface area contributed by atoms with E-state index in [2.05, 4.69) is 0 Å². The van der Waals surface area contributed by atoms with Gasteiger partial charge in [0.1, 0.15) is 0 Å². The van der Waals surface area contributed by atoms with Gasteiger partial charge in [0.05, 0.1) is 30.8 Å². The van der Waals surface area contributed by atoms with E-state index in [1.54, 1.807) is 0 Å². The Hall–Kier alpha value is -0.130. The van der Waals surface area contributed by atoms with Crippen molar-refractivity contribution in [3.63, 3.8) is 0 Å². The monoisotopic (exact) mass is 180 g/mol. The van der Waals surface area contributed by atoms with E-state index in [1.165, 1.54) is 0 Å². The molecule has 0 aromatic rings. The number of aliphatic hydroxyl groups excluding tert-OH is 1. The second kappa shape index (κ2) is 3.51. The van der Waals surface area contributed by atoms with Gasteiger partial charge in [-0.2, -0.15) is 0 Å². The van der Waals surface area contributed by atoms with E-state index < -0.39 is 9.84 Å². The zero-order chi connectivity index (χ0) is 8.32. The van der Waals surface area contributed by atoms with Gasteiger partial charge in [-0.3, -0.25) is 0 Å². The van der Waals surface area contributed by atoms with E-state index in [0.717, 1.165) is 0 Å². The second-order valence-corrected chi connectivity index (χ2v) is 4.85. The molecule has 5 heteroatoms. The van der Waals surface area contributed by atoms with Crippen molar-refractivity contribution >= 4 is 9.84 Å². The quantitative estimate of drug-likeness (QED) is 0.616. The summed E-state index contributed by atoms with van der Waals surface area (Å²) in [5.74, 6) is 0.343. The van der Waals surface area contributed by atoms with Crippen molar-refractivity contribution < 1.29 is 18.3 Å². The smallest absolute Gasteiger partial charge is 0.152 e.